The molecular weight excluding hydrogens is 476 g/mol. The molecule has 1 aliphatic heterocycles. The molecule has 0 fully saturated rings. The Morgan fingerprint density at radius 2 is 1.64 bits per heavy atom. The fourth-order valence-corrected chi connectivity index (χ4v) is 4.01. The van der Waals surface area contributed by atoms with Crippen molar-refractivity contribution >= 4 is 35.1 Å². The number of halogens is 1. The zero-order chi connectivity index (χ0) is 25.5. The van der Waals surface area contributed by atoms with Gasteiger partial charge in [-0.25, -0.2) is 4.99 Å². The van der Waals surface area contributed by atoms with Crippen molar-refractivity contribution in [2.24, 2.45) is 4.99 Å². The van der Waals surface area contributed by atoms with Crippen LogP contribution in [0.3, 0.4) is 0 Å². The topological polar surface area (TPSA) is 60.4 Å². The average Bonchev–Trinajstić information content (AvgIpc) is 3.22. The summed E-state index contributed by atoms with van der Waals surface area (Å²) in [4.78, 5) is 19.9. The molecule has 1 heterocycles. The van der Waals surface area contributed by atoms with Crippen LogP contribution in [-0.2, 0) is 4.79 Å². The lowest BCUT2D eigenvalue weighted by Gasteiger charge is -2.19. The van der Waals surface area contributed by atoms with Crippen molar-refractivity contribution in [1.29, 1.82) is 0 Å². The number of hydrogen-bond donors (Lipinski definition) is 0. The molecule has 6 nitrogen and oxygen atoms in total. The molecule has 0 saturated heterocycles. The minimum atomic E-state index is -0.230. The average molecular weight is 505 g/mol. The monoisotopic (exact) mass is 504 g/mol. The summed E-state index contributed by atoms with van der Waals surface area (Å²) in [5.41, 5.74) is 2.56. The van der Waals surface area contributed by atoms with E-state index in [9.17, 15) is 4.79 Å². The van der Waals surface area contributed by atoms with Crippen LogP contribution in [0.4, 0.5) is 5.69 Å². The summed E-state index contributed by atoms with van der Waals surface area (Å²) >= 11 is 6.10. The minimum absolute atomic E-state index is 0.230. The van der Waals surface area contributed by atoms with E-state index in [0.29, 0.717) is 40.3 Å². The lowest BCUT2D eigenvalue weighted by Crippen LogP contribution is -2.32. The molecule has 0 radical (unpaired) electrons. The highest BCUT2D eigenvalue weighted by atomic mass is 35.5. The molecule has 0 unspecified atom stereocenters. The molecule has 1 amide bonds. The van der Waals surface area contributed by atoms with Crippen LogP contribution >= 0.6 is 11.6 Å². The number of unbranched alkanes of at least 4 members (excludes halogenated alkanes) is 2. The quantitative estimate of drug-likeness (QED) is 0.226. The fraction of sp³-hybridized carbons (Fsp3) is 0.241. The Morgan fingerprint density at radius 1 is 0.917 bits per heavy atom. The van der Waals surface area contributed by atoms with Crippen molar-refractivity contribution in [3.63, 3.8) is 0 Å². The number of ether oxygens (including phenoxy) is 3. The first-order chi connectivity index (χ1) is 17.5. The van der Waals surface area contributed by atoms with E-state index in [2.05, 4.69) is 6.92 Å². The number of carbonyl (C=O) groups excluding carboxylic acids is 1. The third-order valence-corrected chi connectivity index (χ3v) is 6.04. The number of rotatable bonds is 10. The molecule has 3 aromatic rings. The van der Waals surface area contributed by atoms with Crippen molar-refractivity contribution in [3.8, 4) is 17.2 Å². The van der Waals surface area contributed by atoms with Crippen LogP contribution in [0, 0.1) is 0 Å². The SMILES string of the molecule is CCCCCOc1ccc(N2C(=O)/C(=C/c3ccc(OC)c(OC)c3)N=C2c2ccc(Cl)cc2)cc1. The molecule has 4 rings (SSSR count). The van der Waals surface area contributed by atoms with Gasteiger partial charge in [-0.3, -0.25) is 9.69 Å². The molecule has 0 spiro atoms. The van der Waals surface area contributed by atoms with E-state index < -0.39 is 0 Å². The number of nitrogens with zero attached hydrogens (tertiary/aromatic N) is 2. The summed E-state index contributed by atoms with van der Waals surface area (Å²) < 4.78 is 16.6. The highest BCUT2D eigenvalue weighted by Crippen LogP contribution is 2.32. The van der Waals surface area contributed by atoms with Gasteiger partial charge in [0.05, 0.1) is 26.5 Å². The highest BCUT2D eigenvalue weighted by molar-refractivity contribution is 6.34. The van der Waals surface area contributed by atoms with Gasteiger partial charge in [0.1, 0.15) is 17.3 Å². The first-order valence-electron chi connectivity index (χ1n) is 11.9. The van der Waals surface area contributed by atoms with E-state index in [0.717, 1.165) is 36.1 Å². The molecule has 0 atom stereocenters. The van der Waals surface area contributed by atoms with Crippen molar-refractivity contribution in [3.05, 3.63) is 88.6 Å². The van der Waals surface area contributed by atoms with E-state index >= 15 is 0 Å². The number of carbonyl (C=O) groups is 1. The number of anilines is 1. The van der Waals surface area contributed by atoms with E-state index in [1.807, 2.05) is 48.5 Å². The van der Waals surface area contributed by atoms with E-state index in [1.54, 1.807) is 43.4 Å². The van der Waals surface area contributed by atoms with Crippen molar-refractivity contribution in [2.45, 2.75) is 26.2 Å². The largest absolute Gasteiger partial charge is 0.494 e. The Labute approximate surface area is 216 Å². The molecule has 1 aliphatic rings. The van der Waals surface area contributed by atoms with Gasteiger partial charge >= 0.3 is 0 Å². The van der Waals surface area contributed by atoms with Gasteiger partial charge in [-0.05, 0) is 78.7 Å². The lowest BCUT2D eigenvalue weighted by molar-refractivity contribution is -0.113. The normalized spacial score (nSPS) is 14.2. The van der Waals surface area contributed by atoms with Gasteiger partial charge in [-0.1, -0.05) is 37.4 Å². The van der Waals surface area contributed by atoms with Gasteiger partial charge in [-0.2, -0.15) is 0 Å². The maximum Gasteiger partial charge on any atom is 0.282 e. The van der Waals surface area contributed by atoms with Crippen molar-refractivity contribution < 1.29 is 19.0 Å². The molecule has 0 N–H and O–H groups in total. The zero-order valence-corrected chi connectivity index (χ0v) is 21.4. The minimum Gasteiger partial charge on any atom is -0.494 e. The highest BCUT2D eigenvalue weighted by Gasteiger charge is 2.32. The summed E-state index contributed by atoms with van der Waals surface area (Å²) in [6.07, 6.45) is 5.04. The molecular formula is C29H29ClN2O4. The lowest BCUT2D eigenvalue weighted by atomic mass is 10.1. The third-order valence-electron chi connectivity index (χ3n) is 5.79. The maximum absolute atomic E-state index is 13.6. The third kappa shape index (κ3) is 5.71. The summed E-state index contributed by atoms with van der Waals surface area (Å²) in [5, 5.41) is 0.612. The van der Waals surface area contributed by atoms with Gasteiger partial charge in [0.15, 0.2) is 11.5 Å². The Morgan fingerprint density at radius 3 is 2.31 bits per heavy atom. The van der Waals surface area contributed by atoms with Crippen LogP contribution in [-0.4, -0.2) is 32.6 Å². The van der Waals surface area contributed by atoms with Crippen LogP contribution in [0.1, 0.15) is 37.3 Å². The summed E-state index contributed by atoms with van der Waals surface area (Å²) in [5.74, 6) is 2.26. The van der Waals surface area contributed by atoms with Crippen LogP contribution < -0.4 is 19.1 Å². The van der Waals surface area contributed by atoms with E-state index in [4.69, 9.17) is 30.8 Å². The first kappa shape index (κ1) is 25.3. The van der Waals surface area contributed by atoms with E-state index in [1.165, 1.54) is 0 Å². The maximum atomic E-state index is 13.6. The Kier molecular flexibility index (Phi) is 8.28. The summed E-state index contributed by atoms with van der Waals surface area (Å²) in [6, 6.07) is 20.2. The van der Waals surface area contributed by atoms with Crippen molar-refractivity contribution in [1.82, 2.24) is 0 Å². The van der Waals surface area contributed by atoms with Gasteiger partial charge in [0, 0.05) is 10.6 Å². The standard InChI is InChI=1S/C29H29ClN2O4/c1-4-5-6-17-36-24-14-12-23(13-15-24)32-28(21-8-10-22(30)11-9-21)31-25(29(32)33)18-20-7-16-26(34-2)27(19-20)35-3/h7-16,18-19H,4-6,17H2,1-3H3/b25-18-. The first-order valence-corrected chi connectivity index (χ1v) is 12.3. The number of amidine groups is 1. The van der Waals surface area contributed by atoms with Gasteiger partial charge < -0.3 is 14.2 Å². The Bertz CT molecular complexity index is 1270. The zero-order valence-electron chi connectivity index (χ0n) is 20.7. The van der Waals surface area contributed by atoms with E-state index in [-0.39, 0.29) is 5.91 Å². The predicted molar refractivity (Wildman–Crippen MR) is 144 cm³/mol. The Balaban J connectivity index is 1.67. The number of methoxy groups -OCH3 is 2. The molecule has 7 heteroatoms. The second kappa shape index (κ2) is 11.8. The number of amides is 1. The second-order valence-electron chi connectivity index (χ2n) is 8.28. The van der Waals surface area contributed by atoms with Crippen LogP contribution in [0.5, 0.6) is 17.2 Å². The van der Waals surface area contributed by atoms with Crippen LogP contribution in [0.2, 0.25) is 5.02 Å². The van der Waals surface area contributed by atoms with Crippen molar-refractivity contribution in [2.75, 3.05) is 25.7 Å². The van der Waals surface area contributed by atoms with Gasteiger partial charge in [0.25, 0.3) is 5.91 Å². The molecule has 0 aromatic heterocycles. The summed E-state index contributed by atoms with van der Waals surface area (Å²) in [6.45, 7) is 2.83. The van der Waals surface area contributed by atoms with Gasteiger partial charge in [-0.15, -0.1) is 0 Å². The summed E-state index contributed by atoms with van der Waals surface area (Å²) in [7, 11) is 3.16. The molecule has 0 saturated carbocycles. The van der Waals surface area contributed by atoms with Gasteiger partial charge in [0.2, 0.25) is 0 Å². The molecule has 3 aromatic carbocycles. The molecule has 186 valence electrons. The Hall–Kier alpha value is -3.77. The molecule has 36 heavy (non-hydrogen) atoms. The number of benzene rings is 3. The molecule has 0 bridgehead atoms. The second-order valence-corrected chi connectivity index (χ2v) is 8.71. The molecule has 0 aliphatic carbocycles. The predicted octanol–water partition coefficient (Wildman–Crippen LogP) is 6.76. The fourth-order valence-electron chi connectivity index (χ4n) is 3.88. The number of hydrogen-bond acceptors (Lipinski definition) is 5. The van der Waals surface area contributed by atoms with Crippen LogP contribution in [0.25, 0.3) is 6.08 Å². The smallest absolute Gasteiger partial charge is 0.282 e. The number of aliphatic imine (C=N–C) groups is 1. The van der Waals surface area contributed by atoms with Crippen LogP contribution in [0.15, 0.2) is 77.4 Å².